The molecule has 0 saturated carbocycles. The number of hydrogen-bond donors (Lipinski definition) is 2. The van der Waals surface area contributed by atoms with Crippen LogP contribution in [-0.4, -0.2) is 22.4 Å². The van der Waals surface area contributed by atoms with Crippen molar-refractivity contribution in [1.82, 2.24) is 9.97 Å². The zero-order valence-electron chi connectivity index (χ0n) is 11.2. The van der Waals surface area contributed by atoms with Crippen molar-refractivity contribution in [3.63, 3.8) is 0 Å². The van der Waals surface area contributed by atoms with Crippen molar-refractivity contribution < 1.29 is 4.79 Å². The molecule has 0 bridgehead atoms. The van der Waals surface area contributed by atoms with Gasteiger partial charge in [0.25, 0.3) is 0 Å². The Labute approximate surface area is 122 Å². The van der Waals surface area contributed by atoms with Gasteiger partial charge in [0.1, 0.15) is 0 Å². The van der Waals surface area contributed by atoms with E-state index >= 15 is 0 Å². The number of unbranched alkanes of at least 4 members (excludes halogenated alkanes) is 2. The predicted molar refractivity (Wildman–Crippen MR) is 81.5 cm³/mol. The van der Waals surface area contributed by atoms with Crippen LogP contribution in [-0.2, 0) is 4.79 Å². The van der Waals surface area contributed by atoms with E-state index < -0.39 is 0 Å². The number of thiazole rings is 1. The van der Waals surface area contributed by atoms with Crippen LogP contribution in [0, 0.1) is 0 Å². The summed E-state index contributed by atoms with van der Waals surface area (Å²) < 4.78 is 0. The summed E-state index contributed by atoms with van der Waals surface area (Å²) in [6.45, 7) is 0.684. The van der Waals surface area contributed by atoms with Gasteiger partial charge < -0.3 is 11.1 Å². The first-order chi connectivity index (χ1) is 9.79. The van der Waals surface area contributed by atoms with E-state index in [1.165, 1.54) is 11.3 Å². The average molecular weight is 290 g/mol. The molecule has 0 aliphatic rings. The second-order valence-electron chi connectivity index (χ2n) is 4.42. The van der Waals surface area contributed by atoms with Gasteiger partial charge in [-0.25, -0.2) is 4.98 Å². The monoisotopic (exact) mass is 290 g/mol. The van der Waals surface area contributed by atoms with Gasteiger partial charge in [-0.2, -0.15) is 0 Å². The number of hydrogen-bond acceptors (Lipinski definition) is 5. The quantitative estimate of drug-likeness (QED) is 0.768. The Morgan fingerprint density at radius 3 is 2.80 bits per heavy atom. The molecule has 2 aromatic rings. The van der Waals surface area contributed by atoms with E-state index in [-0.39, 0.29) is 5.91 Å². The van der Waals surface area contributed by atoms with Gasteiger partial charge in [0, 0.05) is 29.8 Å². The van der Waals surface area contributed by atoms with E-state index in [2.05, 4.69) is 15.3 Å². The van der Waals surface area contributed by atoms with Crippen molar-refractivity contribution in [2.24, 2.45) is 5.73 Å². The predicted octanol–water partition coefficient (Wildman–Crippen LogP) is 2.66. The van der Waals surface area contributed by atoms with Crippen LogP contribution in [0.25, 0.3) is 11.3 Å². The van der Waals surface area contributed by atoms with Gasteiger partial charge in [-0.05, 0) is 31.5 Å². The molecule has 20 heavy (non-hydrogen) atoms. The molecular formula is C14H18N4OS. The minimum atomic E-state index is 0.0117. The SMILES string of the molecule is NCCCCCC(=O)Nc1nc(-c2ccncc2)cs1. The van der Waals surface area contributed by atoms with Crippen molar-refractivity contribution in [2.45, 2.75) is 25.7 Å². The Morgan fingerprint density at radius 1 is 1.25 bits per heavy atom. The first-order valence-corrected chi connectivity index (χ1v) is 7.53. The van der Waals surface area contributed by atoms with Gasteiger partial charge in [0.05, 0.1) is 5.69 Å². The van der Waals surface area contributed by atoms with Crippen LogP contribution in [0.2, 0.25) is 0 Å². The minimum Gasteiger partial charge on any atom is -0.330 e. The molecule has 2 aromatic heterocycles. The molecule has 0 unspecified atom stereocenters. The Morgan fingerprint density at radius 2 is 2.05 bits per heavy atom. The van der Waals surface area contributed by atoms with Gasteiger partial charge in [-0.3, -0.25) is 9.78 Å². The van der Waals surface area contributed by atoms with E-state index in [9.17, 15) is 4.79 Å². The minimum absolute atomic E-state index is 0.0117. The highest BCUT2D eigenvalue weighted by Crippen LogP contribution is 2.24. The van der Waals surface area contributed by atoms with E-state index in [0.29, 0.717) is 18.1 Å². The second-order valence-corrected chi connectivity index (χ2v) is 5.28. The zero-order chi connectivity index (χ0) is 14.2. The first kappa shape index (κ1) is 14.6. The van der Waals surface area contributed by atoms with Crippen molar-refractivity contribution in [3.05, 3.63) is 29.9 Å². The third kappa shape index (κ3) is 4.40. The highest BCUT2D eigenvalue weighted by molar-refractivity contribution is 7.14. The number of pyridine rings is 1. The van der Waals surface area contributed by atoms with Crippen LogP contribution in [0.5, 0.6) is 0 Å². The fourth-order valence-corrected chi connectivity index (χ4v) is 2.51. The van der Waals surface area contributed by atoms with Crippen molar-refractivity contribution in [3.8, 4) is 11.3 Å². The summed E-state index contributed by atoms with van der Waals surface area (Å²) in [5.74, 6) is 0.0117. The lowest BCUT2D eigenvalue weighted by molar-refractivity contribution is -0.116. The Kier molecular flexibility index (Phi) is 5.64. The summed E-state index contributed by atoms with van der Waals surface area (Å²) in [7, 11) is 0. The molecule has 0 saturated heterocycles. The maximum absolute atomic E-state index is 11.7. The summed E-state index contributed by atoms with van der Waals surface area (Å²) in [5, 5.41) is 5.40. The van der Waals surface area contributed by atoms with Gasteiger partial charge in [-0.1, -0.05) is 6.42 Å². The highest BCUT2D eigenvalue weighted by atomic mass is 32.1. The number of anilines is 1. The molecule has 0 aromatic carbocycles. The number of nitrogens with two attached hydrogens (primary N) is 1. The van der Waals surface area contributed by atoms with E-state index in [4.69, 9.17) is 5.73 Å². The lowest BCUT2D eigenvalue weighted by Crippen LogP contribution is -2.11. The molecule has 1 amide bonds. The van der Waals surface area contributed by atoms with E-state index in [1.807, 2.05) is 17.5 Å². The van der Waals surface area contributed by atoms with E-state index in [0.717, 1.165) is 30.5 Å². The Hall–Kier alpha value is -1.79. The molecule has 0 atom stereocenters. The topological polar surface area (TPSA) is 80.9 Å². The maximum Gasteiger partial charge on any atom is 0.226 e. The van der Waals surface area contributed by atoms with Crippen molar-refractivity contribution >= 4 is 22.4 Å². The molecule has 5 nitrogen and oxygen atoms in total. The van der Waals surface area contributed by atoms with Crippen LogP contribution >= 0.6 is 11.3 Å². The summed E-state index contributed by atoms with van der Waals surface area (Å²) in [6.07, 6.45) is 6.80. The number of nitrogens with zero attached hydrogens (tertiary/aromatic N) is 2. The third-order valence-electron chi connectivity index (χ3n) is 2.83. The maximum atomic E-state index is 11.7. The van der Waals surface area contributed by atoms with Gasteiger partial charge in [0.15, 0.2) is 5.13 Å². The molecule has 0 aliphatic heterocycles. The lowest BCUT2D eigenvalue weighted by atomic mass is 10.2. The molecule has 3 N–H and O–H groups in total. The first-order valence-electron chi connectivity index (χ1n) is 6.65. The summed E-state index contributed by atoms with van der Waals surface area (Å²) >= 11 is 1.43. The van der Waals surface area contributed by atoms with E-state index in [1.54, 1.807) is 12.4 Å². The number of carbonyl (C=O) groups is 1. The smallest absolute Gasteiger partial charge is 0.226 e. The number of carbonyl (C=O) groups excluding carboxylic acids is 1. The molecule has 6 heteroatoms. The largest absolute Gasteiger partial charge is 0.330 e. The van der Waals surface area contributed by atoms with Gasteiger partial charge in [-0.15, -0.1) is 11.3 Å². The van der Waals surface area contributed by atoms with Crippen LogP contribution in [0.1, 0.15) is 25.7 Å². The molecule has 106 valence electrons. The second kappa shape index (κ2) is 7.72. The molecule has 2 heterocycles. The van der Waals surface area contributed by atoms with Crippen molar-refractivity contribution in [1.29, 1.82) is 0 Å². The number of rotatable bonds is 7. The van der Waals surface area contributed by atoms with Gasteiger partial charge in [0.2, 0.25) is 5.91 Å². The number of nitrogens with one attached hydrogen (secondary N) is 1. The Balaban J connectivity index is 1.85. The van der Waals surface area contributed by atoms with Crippen LogP contribution < -0.4 is 11.1 Å². The summed E-state index contributed by atoms with van der Waals surface area (Å²) in [4.78, 5) is 20.1. The fraction of sp³-hybridized carbons (Fsp3) is 0.357. The molecule has 2 rings (SSSR count). The average Bonchev–Trinajstić information content (AvgIpc) is 2.93. The third-order valence-corrected chi connectivity index (χ3v) is 3.59. The van der Waals surface area contributed by atoms with Crippen LogP contribution in [0.15, 0.2) is 29.9 Å². The highest BCUT2D eigenvalue weighted by Gasteiger charge is 2.07. The van der Waals surface area contributed by atoms with Crippen molar-refractivity contribution in [2.75, 3.05) is 11.9 Å². The normalized spacial score (nSPS) is 10.4. The molecule has 0 spiro atoms. The van der Waals surface area contributed by atoms with Gasteiger partial charge >= 0.3 is 0 Å². The number of aromatic nitrogens is 2. The zero-order valence-corrected chi connectivity index (χ0v) is 12.0. The van der Waals surface area contributed by atoms with Crippen LogP contribution in [0.4, 0.5) is 5.13 Å². The van der Waals surface area contributed by atoms with Crippen LogP contribution in [0.3, 0.4) is 0 Å². The standard InChI is InChI=1S/C14H18N4OS/c15-7-3-1-2-4-13(19)18-14-17-12(10-20-14)11-5-8-16-9-6-11/h5-6,8-10H,1-4,7,15H2,(H,17,18,19). The number of amides is 1. The molecule has 0 radical (unpaired) electrons. The molecule has 0 fully saturated rings. The molecular weight excluding hydrogens is 272 g/mol. The fourth-order valence-electron chi connectivity index (χ4n) is 1.77. The Bertz CT molecular complexity index is 541. The summed E-state index contributed by atoms with van der Waals surface area (Å²) in [6, 6.07) is 3.79. The molecule has 0 aliphatic carbocycles. The lowest BCUT2D eigenvalue weighted by Gasteiger charge is -2.01. The summed E-state index contributed by atoms with van der Waals surface area (Å²) in [5.41, 5.74) is 7.27.